The number of carbonyl (C=O) groups is 1. The Kier molecular flexibility index (Phi) is 5.88. The number of nitrogens with zero attached hydrogens (tertiary/aromatic N) is 3. The highest BCUT2D eigenvalue weighted by Gasteiger charge is 2.14. The van der Waals surface area contributed by atoms with Crippen LogP contribution in [0.5, 0.6) is 11.5 Å². The predicted octanol–water partition coefficient (Wildman–Crippen LogP) is 2.41. The number of hydrogen-bond acceptors (Lipinski definition) is 6. The van der Waals surface area contributed by atoms with Gasteiger partial charge in [-0.1, -0.05) is 6.07 Å². The lowest BCUT2D eigenvalue weighted by molar-refractivity contribution is 0.0945. The van der Waals surface area contributed by atoms with Crippen LogP contribution in [0.4, 0.5) is 5.82 Å². The molecular formula is C19H24N4O3. The highest BCUT2D eigenvalue weighted by molar-refractivity contribution is 5.92. The van der Waals surface area contributed by atoms with Crippen molar-refractivity contribution >= 4 is 11.7 Å². The van der Waals surface area contributed by atoms with Crippen LogP contribution >= 0.6 is 0 Å². The zero-order valence-corrected chi connectivity index (χ0v) is 15.2. The first-order valence-electron chi connectivity index (χ1n) is 8.77. The largest absolute Gasteiger partial charge is 0.493 e. The van der Waals surface area contributed by atoms with E-state index >= 15 is 0 Å². The summed E-state index contributed by atoms with van der Waals surface area (Å²) in [7, 11) is 3.17. The molecule has 26 heavy (non-hydrogen) atoms. The number of piperidine rings is 1. The lowest BCUT2D eigenvalue weighted by Crippen LogP contribution is -2.30. The van der Waals surface area contributed by atoms with E-state index in [0.29, 0.717) is 23.7 Å². The summed E-state index contributed by atoms with van der Waals surface area (Å²) in [5, 5.41) is 2.85. The number of rotatable bonds is 6. The average molecular weight is 356 g/mol. The van der Waals surface area contributed by atoms with Crippen molar-refractivity contribution in [1.82, 2.24) is 15.3 Å². The van der Waals surface area contributed by atoms with Crippen molar-refractivity contribution in [2.45, 2.75) is 25.8 Å². The smallest absolute Gasteiger partial charge is 0.271 e. The Labute approximate surface area is 153 Å². The summed E-state index contributed by atoms with van der Waals surface area (Å²) in [6.45, 7) is 2.37. The minimum absolute atomic E-state index is 0.252. The van der Waals surface area contributed by atoms with Gasteiger partial charge in [0, 0.05) is 19.6 Å². The molecule has 1 N–H and O–H groups in total. The van der Waals surface area contributed by atoms with E-state index in [1.807, 2.05) is 18.2 Å². The second-order valence-corrected chi connectivity index (χ2v) is 6.18. The number of anilines is 1. The maximum Gasteiger partial charge on any atom is 0.271 e. The molecule has 3 rings (SSSR count). The average Bonchev–Trinajstić information content (AvgIpc) is 2.72. The van der Waals surface area contributed by atoms with Crippen LogP contribution in [0.2, 0.25) is 0 Å². The Morgan fingerprint density at radius 3 is 2.50 bits per heavy atom. The van der Waals surface area contributed by atoms with Gasteiger partial charge in [-0.3, -0.25) is 4.79 Å². The first-order valence-corrected chi connectivity index (χ1v) is 8.77. The monoisotopic (exact) mass is 356 g/mol. The van der Waals surface area contributed by atoms with E-state index in [4.69, 9.17) is 9.47 Å². The standard InChI is InChI=1S/C19H24N4O3/c1-25-16-7-6-14(10-17(16)26-2)11-22-19(24)15-12-21-18(13-20-15)23-8-4-3-5-9-23/h6-7,10,12-13H,3-5,8-9,11H2,1-2H3,(H,22,24). The van der Waals surface area contributed by atoms with Crippen LogP contribution in [-0.4, -0.2) is 43.2 Å². The van der Waals surface area contributed by atoms with Gasteiger partial charge in [-0.15, -0.1) is 0 Å². The van der Waals surface area contributed by atoms with E-state index in [0.717, 1.165) is 24.5 Å². The summed E-state index contributed by atoms with van der Waals surface area (Å²) in [5.74, 6) is 1.87. The normalized spacial score (nSPS) is 14.0. The molecule has 0 saturated carbocycles. The molecule has 7 nitrogen and oxygen atoms in total. The van der Waals surface area contributed by atoms with E-state index in [-0.39, 0.29) is 5.91 Å². The molecule has 2 heterocycles. The molecule has 0 radical (unpaired) electrons. The van der Waals surface area contributed by atoms with Crippen molar-refractivity contribution in [2.24, 2.45) is 0 Å². The van der Waals surface area contributed by atoms with Crippen molar-refractivity contribution in [3.05, 3.63) is 41.9 Å². The van der Waals surface area contributed by atoms with Crippen molar-refractivity contribution in [3.63, 3.8) is 0 Å². The topological polar surface area (TPSA) is 76.6 Å². The van der Waals surface area contributed by atoms with Crippen LogP contribution in [0.1, 0.15) is 35.3 Å². The van der Waals surface area contributed by atoms with Crippen molar-refractivity contribution in [2.75, 3.05) is 32.2 Å². The van der Waals surface area contributed by atoms with Crippen molar-refractivity contribution in [1.29, 1.82) is 0 Å². The molecule has 1 aromatic heterocycles. The van der Waals surface area contributed by atoms with E-state index in [9.17, 15) is 4.79 Å². The molecule has 0 bridgehead atoms. The molecule has 0 unspecified atom stereocenters. The number of amides is 1. The van der Waals surface area contributed by atoms with Gasteiger partial charge in [0.05, 0.1) is 26.6 Å². The zero-order valence-electron chi connectivity index (χ0n) is 15.2. The molecular weight excluding hydrogens is 332 g/mol. The van der Waals surface area contributed by atoms with Crippen LogP contribution in [0, 0.1) is 0 Å². The van der Waals surface area contributed by atoms with Gasteiger partial charge >= 0.3 is 0 Å². The van der Waals surface area contributed by atoms with Crippen LogP contribution in [-0.2, 0) is 6.54 Å². The molecule has 0 spiro atoms. The van der Waals surface area contributed by atoms with Crippen LogP contribution in [0.3, 0.4) is 0 Å². The third-order valence-electron chi connectivity index (χ3n) is 4.45. The molecule has 1 aliphatic rings. The van der Waals surface area contributed by atoms with Crippen LogP contribution in [0.25, 0.3) is 0 Å². The number of carbonyl (C=O) groups excluding carboxylic acids is 1. The van der Waals surface area contributed by atoms with Crippen LogP contribution in [0.15, 0.2) is 30.6 Å². The molecule has 1 aliphatic heterocycles. The number of ether oxygens (including phenoxy) is 2. The van der Waals surface area contributed by atoms with Crippen LogP contribution < -0.4 is 19.7 Å². The summed E-state index contributed by atoms with van der Waals surface area (Å²) >= 11 is 0. The molecule has 7 heteroatoms. The van der Waals surface area contributed by atoms with Gasteiger partial charge in [-0.2, -0.15) is 0 Å². The summed E-state index contributed by atoms with van der Waals surface area (Å²) in [5.41, 5.74) is 1.22. The number of methoxy groups -OCH3 is 2. The molecule has 1 aromatic carbocycles. The summed E-state index contributed by atoms with van der Waals surface area (Å²) in [6, 6.07) is 5.53. The van der Waals surface area contributed by atoms with Gasteiger partial charge < -0.3 is 19.7 Å². The minimum atomic E-state index is -0.252. The van der Waals surface area contributed by atoms with Gasteiger partial charge in [0.1, 0.15) is 11.5 Å². The van der Waals surface area contributed by atoms with E-state index in [1.165, 1.54) is 25.5 Å². The SMILES string of the molecule is COc1ccc(CNC(=O)c2cnc(N3CCCCC3)cn2)cc1OC. The minimum Gasteiger partial charge on any atom is -0.493 e. The Balaban J connectivity index is 1.59. The fourth-order valence-electron chi connectivity index (χ4n) is 2.99. The molecule has 1 fully saturated rings. The Hall–Kier alpha value is -2.83. The van der Waals surface area contributed by atoms with E-state index in [1.54, 1.807) is 20.4 Å². The zero-order chi connectivity index (χ0) is 18.4. The number of benzene rings is 1. The Bertz CT molecular complexity index is 743. The number of aromatic nitrogens is 2. The van der Waals surface area contributed by atoms with Gasteiger partial charge in [-0.25, -0.2) is 9.97 Å². The van der Waals surface area contributed by atoms with Crippen molar-refractivity contribution < 1.29 is 14.3 Å². The third-order valence-corrected chi connectivity index (χ3v) is 4.45. The third kappa shape index (κ3) is 4.22. The fraction of sp³-hybridized carbons (Fsp3) is 0.421. The molecule has 0 atom stereocenters. The molecule has 1 amide bonds. The lowest BCUT2D eigenvalue weighted by atomic mass is 10.1. The van der Waals surface area contributed by atoms with Gasteiger partial charge in [0.15, 0.2) is 11.5 Å². The second kappa shape index (κ2) is 8.51. The molecule has 1 saturated heterocycles. The highest BCUT2D eigenvalue weighted by Crippen LogP contribution is 2.27. The second-order valence-electron chi connectivity index (χ2n) is 6.18. The maximum absolute atomic E-state index is 12.3. The summed E-state index contributed by atoms with van der Waals surface area (Å²) < 4.78 is 10.5. The first kappa shape index (κ1) is 18.0. The Morgan fingerprint density at radius 2 is 1.85 bits per heavy atom. The molecule has 0 aliphatic carbocycles. The van der Waals surface area contributed by atoms with Crippen molar-refractivity contribution in [3.8, 4) is 11.5 Å². The molecule has 2 aromatic rings. The highest BCUT2D eigenvalue weighted by atomic mass is 16.5. The summed E-state index contributed by atoms with van der Waals surface area (Å²) in [6.07, 6.45) is 6.83. The maximum atomic E-state index is 12.3. The van der Waals surface area contributed by atoms with Gasteiger partial charge in [0.2, 0.25) is 0 Å². The van der Waals surface area contributed by atoms with E-state index in [2.05, 4.69) is 20.2 Å². The molecule has 138 valence electrons. The number of hydrogen-bond donors (Lipinski definition) is 1. The van der Waals surface area contributed by atoms with E-state index < -0.39 is 0 Å². The van der Waals surface area contributed by atoms with Gasteiger partial charge in [-0.05, 0) is 37.0 Å². The Morgan fingerprint density at radius 1 is 1.08 bits per heavy atom. The fourth-order valence-corrected chi connectivity index (χ4v) is 2.99. The van der Waals surface area contributed by atoms with Gasteiger partial charge in [0.25, 0.3) is 5.91 Å². The lowest BCUT2D eigenvalue weighted by Gasteiger charge is -2.27. The predicted molar refractivity (Wildman–Crippen MR) is 98.8 cm³/mol. The first-order chi connectivity index (χ1) is 12.7. The quantitative estimate of drug-likeness (QED) is 0.857. The number of nitrogens with one attached hydrogen (secondary N) is 1. The summed E-state index contributed by atoms with van der Waals surface area (Å²) in [4.78, 5) is 23.2.